The summed E-state index contributed by atoms with van der Waals surface area (Å²) >= 11 is 0. The monoisotopic (exact) mass is 293 g/mol. The van der Waals surface area contributed by atoms with Gasteiger partial charge in [0, 0.05) is 12.7 Å². The van der Waals surface area contributed by atoms with E-state index in [0.29, 0.717) is 18.8 Å². The van der Waals surface area contributed by atoms with Crippen molar-refractivity contribution < 1.29 is 24.2 Å². The highest BCUT2D eigenvalue weighted by molar-refractivity contribution is 5.95. The molecule has 1 aromatic rings. The average molecular weight is 293 g/mol. The van der Waals surface area contributed by atoms with E-state index in [1.54, 1.807) is 19.1 Å². The van der Waals surface area contributed by atoms with Gasteiger partial charge in [-0.2, -0.15) is 0 Å². The lowest BCUT2D eigenvalue weighted by Gasteiger charge is -2.28. The van der Waals surface area contributed by atoms with E-state index >= 15 is 0 Å². The molecule has 2 rings (SSSR count). The highest BCUT2D eigenvalue weighted by Gasteiger charge is 2.30. The molecule has 21 heavy (non-hydrogen) atoms. The number of hydrogen-bond donors (Lipinski definition) is 2. The van der Waals surface area contributed by atoms with Crippen LogP contribution < -0.4 is 5.32 Å². The number of aliphatic carboxylic acids is 1. The van der Waals surface area contributed by atoms with E-state index in [9.17, 15) is 9.59 Å². The lowest BCUT2D eigenvalue weighted by molar-refractivity contribution is -0.139. The van der Waals surface area contributed by atoms with Gasteiger partial charge in [-0.05, 0) is 30.2 Å². The lowest BCUT2D eigenvalue weighted by atomic mass is 9.97. The van der Waals surface area contributed by atoms with Crippen molar-refractivity contribution in [2.75, 3.05) is 13.7 Å². The second kappa shape index (κ2) is 6.24. The zero-order valence-electron chi connectivity index (χ0n) is 12.1. The molecule has 1 aromatic carbocycles. The number of hydrogen-bond acceptors (Lipinski definition) is 4. The third-order valence-electron chi connectivity index (χ3n) is 3.40. The summed E-state index contributed by atoms with van der Waals surface area (Å²) in [5, 5.41) is 11.7. The highest BCUT2D eigenvalue weighted by Crippen LogP contribution is 2.21. The smallest absolute Gasteiger partial charge is 0.305 e. The first-order chi connectivity index (χ1) is 9.93. The van der Waals surface area contributed by atoms with E-state index in [0.717, 1.165) is 11.1 Å². The Hall–Kier alpha value is -1.92. The Labute approximate surface area is 123 Å². The van der Waals surface area contributed by atoms with Crippen LogP contribution >= 0.6 is 0 Å². The Morgan fingerprint density at radius 1 is 1.38 bits per heavy atom. The second-order valence-electron chi connectivity index (χ2n) is 5.49. The van der Waals surface area contributed by atoms with Gasteiger partial charge in [-0.3, -0.25) is 9.59 Å². The molecule has 2 N–H and O–H groups in total. The maximum absolute atomic E-state index is 12.3. The molecule has 0 fully saturated rings. The van der Waals surface area contributed by atoms with Gasteiger partial charge in [0.15, 0.2) is 0 Å². The number of fused-ring (bicyclic) bond motifs is 1. The normalized spacial score (nSPS) is 16.1. The number of carbonyl (C=O) groups excluding carboxylic acids is 1. The predicted molar refractivity (Wildman–Crippen MR) is 74.9 cm³/mol. The van der Waals surface area contributed by atoms with E-state index in [1.807, 2.05) is 6.07 Å². The molecule has 6 nitrogen and oxygen atoms in total. The number of ether oxygens (including phenoxy) is 2. The zero-order valence-corrected chi connectivity index (χ0v) is 12.1. The van der Waals surface area contributed by atoms with Crippen molar-refractivity contribution in [3.8, 4) is 0 Å². The van der Waals surface area contributed by atoms with Crippen molar-refractivity contribution >= 4 is 11.9 Å². The van der Waals surface area contributed by atoms with Gasteiger partial charge in [-0.25, -0.2) is 0 Å². The maximum Gasteiger partial charge on any atom is 0.305 e. The molecular weight excluding hydrogens is 274 g/mol. The Bertz CT molecular complexity index is 557. The van der Waals surface area contributed by atoms with Gasteiger partial charge in [0.1, 0.15) is 0 Å². The predicted octanol–water partition coefficient (Wildman–Crippen LogP) is 1.33. The van der Waals surface area contributed by atoms with Crippen LogP contribution in [0.1, 0.15) is 34.8 Å². The Morgan fingerprint density at radius 2 is 2.10 bits per heavy atom. The van der Waals surface area contributed by atoms with Gasteiger partial charge in [0.2, 0.25) is 0 Å². The van der Waals surface area contributed by atoms with Gasteiger partial charge < -0.3 is 19.9 Å². The van der Waals surface area contributed by atoms with E-state index in [4.69, 9.17) is 14.6 Å². The summed E-state index contributed by atoms with van der Waals surface area (Å²) in [6, 6.07) is 5.37. The molecule has 1 aliphatic rings. The number of carboxylic acid groups (broad SMARTS) is 1. The molecular formula is C15H19NO5. The van der Waals surface area contributed by atoms with Crippen LogP contribution in [-0.2, 0) is 27.5 Å². The number of methoxy groups -OCH3 is 1. The van der Waals surface area contributed by atoms with Crippen LogP contribution in [0.3, 0.4) is 0 Å². The summed E-state index contributed by atoms with van der Waals surface area (Å²) in [5.74, 6) is -1.30. The molecule has 6 heteroatoms. The van der Waals surface area contributed by atoms with Crippen LogP contribution in [0.2, 0.25) is 0 Å². The Kier molecular flexibility index (Phi) is 4.59. The summed E-state index contributed by atoms with van der Waals surface area (Å²) in [5.41, 5.74) is 1.62. The minimum Gasteiger partial charge on any atom is -0.481 e. The fourth-order valence-electron chi connectivity index (χ4n) is 2.44. The maximum atomic E-state index is 12.3. The van der Waals surface area contributed by atoms with E-state index in [-0.39, 0.29) is 18.9 Å². The largest absolute Gasteiger partial charge is 0.481 e. The molecule has 0 aromatic heterocycles. The van der Waals surface area contributed by atoms with Crippen LogP contribution in [0.15, 0.2) is 18.2 Å². The SMILES string of the molecule is COCC(C)(CC(=O)O)NC(=O)c1ccc2c(c1)COC2. The van der Waals surface area contributed by atoms with Gasteiger partial charge in [0.25, 0.3) is 5.91 Å². The average Bonchev–Trinajstić information content (AvgIpc) is 2.84. The number of carbonyl (C=O) groups is 2. The second-order valence-corrected chi connectivity index (χ2v) is 5.49. The van der Waals surface area contributed by atoms with Crippen molar-refractivity contribution in [2.24, 2.45) is 0 Å². The molecule has 0 aliphatic carbocycles. The number of carboxylic acids is 1. The quantitative estimate of drug-likeness (QED) is 0.826. The third kappa shape index (κ3) is 3.80. The van der Waals surface area contributed by atoms with Crippen molar-refractivity contribution in [2.45, 2.75) is 32.1 Å². The van der Waals surface area contributed by atoms with Gasteiger partial charge >= 0.3 is 5.97 Å². The van der Waals surface area contributed by atoms with Crippen molar-refractivity contribution in [3.63, 3.8) is 0 Å². The summed E-state index contributed by atoms with van der Waals surface area (Å²) in [6.45, 7) is 2.84. The first-order valence-electron chi connectivity index (χ1n) is 6.66. The molecule has 1 aliphatic heterocycles. The third-order valence-corrected chi connectivity index (χ3v) is 3.40. The minimum absolute atomic E-state index is 0.124. The summed E-state index contributed by atoms with van der Waals surface area (Å²) < 4.78 is 10.3. The standard InChI is InChI=1S/C15H19NO5/c1-15(9-20-2,6-13(17)18)16-14(19)10-3-4-11-7-21-8-12(11)5-10/h3-5H,6-9H2,1-2H3,(H,16,19)(H,17,18). The molecule has 1 amide bonds. The molecule has 0 saturated carbocycles. The summed E-state index contributed by atoms with van der Waals surface area (Å²) in [7, 11) is 1.47. The van der Waals surface area contributed by atoms with Gasteiger partial charge in [0.05, 0.1) is 31.8 Å². The zero-order chi connectivity index (χ0) is 15.5. The van der Waals surface area contributed by atoms with Gasteiger partial charge in [-0.15, -0.1) is 0 Å². The number of benzene rings is 1. The van der Waals surface area contributed by atoms with Crippen LogP contribution in [0.5, 0.6) is 0 Å². The van der Waals surface area contributed by atoms with E-state index < -0.39 is 11.5 Å². The Morgan fingerprint density at radius 3 is 2.76 bits per heavy atom. The molecule has 114 valence electrons. The molecule has 1 atom stereocenters. The molecule has 1 unspecified atom stereocenters. The molecule has 0 bridgehead atoms. The van der Waals surface area contributed by atoms with Crippen molar-refractivity contribution in [1.29, 1.82) is 0 Å². The number of nitrogens with one attached hydrogen (secondary N) is 1. The van der Waals surface area contributed by atoms with Crippen LogP contribution in [-0.4, -0.2) is 36.2 Å². The molecule has 0 saturated heterocycles. The van der Waals surface area contributed by atoms with Gasteiger partial charge in [-0.1, -0.05) is 6.07 Å². The summed E-state index contributed by atoms with van der Waals surface area (Å²) in [6.07, 6.45) is -0.208. The van der Waals surface area contributed by atoms with E-state index in [1.165, 1.54) is 7.11 Å². The molecule has 0 radical (unpaired) electrons. The van der Waals surface area contributed by atoms with Crippen LogP contribution in [0.25, 0.3) is 0 Å². The number of amides is 1. The van der Waals surface area contributed by atoms with Crippen molar-refractivity contribution in [3.05, 3.63) is 34.9 Å². The topological polar surface area (TPSA) is 84.9 Å². The highest BCUT2D eigenvalue weighted by atomic mass is 16.5. The van der Waals surface area contributed by atoms with Crippen LogP contribution in [0.4, 0.5) is 0 Å². The lowest BCUT2D eigenvalue weighted by Crippen LogP contribution is -2.50. The van der Waals surface area contributed by atoms with Crippen LogP contribution in [0, 0.1) is 0 Å². The fraction of sp³-hybridized carbons (Fsp3) is 0.467. The first kappa shape index (κ1) is 15.5. The molecule has 1 heterocycles. The Balaban J connectivity index is 2.13. The first-order valence-corrected chi connectivity index (χ1v) is 6.66. The summed E-state index contributed by atoms with van der Waals surface area (Å²) in [4.78, 5) is 23.3. The minimum atomic E-state index is -0.989. The number of rotatable bonds is 6. The fourth-order valence-corrected chi connectivity index (χ4v) is 2.44. The molecule has 0 spiro atoms. The van der Waals surface area contributed by atoms with Crippen molar-refractivity contribution in [1.82, 2.24) is 5.32 Å². The van der Waals surface area contributed by atoms with E-state index in [2.05, 4.69) is 5.32 Å².